The predicted octanol–water partition coefficient (Wildman–Crippen LogP) is 3.45. The standard InChI is InChI=1S/C18H33NO3/c1-9-10-11-14(6)18(22-15(7)20)16(17(21)12(2)3)19(8)13(4)5/h9-10,12-14,16,18H,11H2,1-8H3/b10-9+/t14-,16?,18+/m0/s1. The van der Waals surface area contributed by atoms with Crippen molar-refractivity contribution in [3.63, 3.8) is 0 Å². The summed E-state index contributed by atoms with van der Waals surface area (Å²) in [5.41, 5.74) is 0. The summed E-state index contributed by atoms with van der Waals surface area (Å²) in [5, 5.41) is 0. The number of hydrogen-bond acceptors (Lipinski definition) is 4. The molecule has 0 spiro atoms. The van der Waals surface area contributed by atoms with E-state index in [4.69, 9.17) is 4.74 Å². The molecule has 128 valence electrons. The second kappa shape index (κ2) is 9.78. The number of likely N-dealkylation sites (N-methyl/N-ethyl adjacent to an activating group) is 1. The summed E-state index contributed by atoms with van der Waals surface area (Å²) in [4.78, 5) is 26.3. The monoisotopic (exact) mass is 311 g/mol. The molecule has 0 heterocycles. The molecular weight excluding hydrogens is 278 g/mol. The Labute approximate surface area is 135 Å². The number of hydrogen-bond donors (Lipinski definition) is 0. The van der Waals surface area contributed by atoms with Crippen LogP contribution in [0.25, 0.3) is 0 Å². The normalized spacial score (nSPS) is 16.3. The van der Waals surface area contributed by atoms with Crippen molar-refractivity contribution in [1.82, 2.24) is 4.90 Å². The maximum absolute atomic E-state index is 12.7. The molecule has 0 amide bonds. The first-order valence-electron chi connectivity index (χ1n) is 8.17. The smallest absolute Gasteiger partial charge is 0.302 e. The van der Waals surface area contributed by atoms with Crippen LogP contribution in [0.4, 0.5) is 0 Å². The van der Waals surface area contributed by atoms with Crippen LogP contribution >= 0.6 is 0 Å². The molecule has 0 aliphatic carbocycles. The molecule has 0 aliphatic heterocycles. The van der Waals surface area contributed by atoms with Crippen molar-refractivity contribution in [2.75, 3.05) is 7.05 Å². The molecule has 0 rings (SSSR count). The highest BCUT2D eigenvalue weighted by Crippen LogP contribution is 2.24. The van der Waals surface area contributed by atoms with Crippen molar-refractivity contribution in [1.29, 1.82) is 0 Å². The van der Waals surface area contributed by atoms with Crippen molar-refractivity contribution < 1.29 is 14.3 Å². The molecule has 0 aliphatic rings. The lowest BCUT2D eigenvalue weighted by Crippen LogP contribution is -2.54. The van der Waals surface area contributed by atoms with Crippen LogP contribution in [0.3, 0.4) is 0 Å². The number of esters is 1. The molecule has 0 N–H and O–H groups in total. The molecule has 22 heavy (non-hydrogen) atoms. The fraction of sp³-hybridized carbons (Fsp3) is 0.778. The Kier molecular flexibility index (Phi) is 9.26. The Morgan fingerprint density at radius 3 is 2.05 bits per heavy atom. The average Bonchev–Trinajstić information content (AvgIpc) is 2.42. The van der Waals surface area contributed by atoms with E-state index in [0.717, 1.165) is 6.42 Å². The van der Waals surface area contributed by atoms with Crippen molar-refractivity contribution in [2.45, 2.75) is 73.1 Å². The highest BCUT2D eigenvalue weighted by Gasteiger charge is 2.38. The number of nitrogens with zero attached hydrogens (tertiary/aromatic N) is 1. The van der Waals surface area contributed by atoms with E-state index in [0.29, 0.717) is 0 Å². The van der Waals surface area contributed by atoms with E-state index in [1.54, 1.807) is 0 Å². The van der Waals surface area contributed by atoms with E-state index < -0.39 is 12.1 Å². The number of ether oxygens (including phenoxy) is 1. The summed E-state index contributed by atoms with van der Waals surface area (Å²) in [6.45, 7) is 13.3. The molecule has 4 heteroatoms. The quantitative estimate of drug-likeness (QED) is 0.483. The van der Waals surface area contributed by atoms with Crippen molar-refractivity contribution in [3.05, 3.63) is 12.2 Å². The van der Waals surface area contributed by atoms with Gasteiger partial charge in [-0.1, -0.05) is 32.9 Å². The Bertz CT molecular complexity index is 388. The molecule has 4 nitrogen and oxygen atoms in total. The zero-order chi connectivity index (χ0) is 17.4. The molecule has 0 saturated heterocycles. The molecule has 0 radical (unpaired) electrons. The van der Waals surface area contributed by atoms with Gasteiger partial charge in [-0.25, -0.2) is 0 Å². The Morgan fingerprint density at radius 2 is 1.68 bits per heavy atom. The number of carbonyl (C=O) groups is 2. The molecule has 0 aromatic heterocycles. The topological polar surface area (TPSA) is 46.6 Å². The average molecular weight is 311 g/mol. The number of rotatable bonds is 9. The first-order chi connectivity index (χ1) is 10.1. The maximum Gasteiger partial charge on any atom is 0.302 e. The fourth-order valence-corrected chi connectivity index (χ4v) is 2.43. The molecule has 0 aromatic carbocycles. The van der Waals surface area contributed by atoms with Crippen LogP contribution in [0, 0.1) is 11.8 Å². The van der Waals surface area contributed by atoms with Gasteiger partial charge in [0.05, 0.1) is 0 Å². The zero-order valence-electron chi connectivity index (χ0n) is 15.4. The SMILES string of the molecule is C/C=C/C[C@H](C)[C@@H](OC(C)=O)C(C(=O)C(C)C)N(C)C(C)C. The lowest BCUT2D eigenvalue weighted by atomic mass is 9.87. The van der Waals surface area contributed by atoms with Crippen LogP contribution in [0.1, 0.15) is 54.9 Å². The van der Waals surface area contributed by atoms with Crippen LogP contribution in [0.15, 0.2) is 12.2 Å². The van der Waals surface area contributed by atoms with Gasteiger partial charge in [-0.05, 0) is 40.2 Å². The van der Waals surface area contributed by atoms with E-state index in [1.807, 2.05) is 65.6 Å². The molecule has 1 unspecified atom stereocenters. The van der Waals surface area contributed by atoms with Gasteiger partial charge in [0.1, 0.15) is 12.1 Å². The van der Waals surface area contributed by atoms with Crippen LogP contribution in [-0.4, -0.2) is 41.9 Å². The van der Waals surface area contributed by atoms with Crippen LogP contribution < -0.4 is 0 Å². The minimum absolute atomic E-state index is 0.0778. The second-order valence-electron chi connectivity index (χ2n) is 6.62. The maximum atomic E-state index is 12.7. The number of Topliss-reactive ketones (excluding diaryl/α,β-unsaturated/α-hetero) is 1. The minimum Gasteiger partial charge on any atom is -0.460 e. The van der Waals surface area contributed by atoms with Crippen LogP contribution in [0.5, 0.6) is 0 Å². The first kappa shape index (κ1) is 20.8. The summed E-state index contributed by atoms with van der Waals surface area (Å²) >= 11 is 0. The molecule has 0 fully saturated rings. The summed E-state index contributed by atoms with van der Waals surface area (Å²) in [5.74, 6) is -0.238. The van der Waals surface area contributed by atoms with Crippen LogP contribution in [0.2, 0.25) is 0 Å². The summed E-state index contributed by atoms with van der Waals surface area (Å²) < 4.78 is 5.58. The van der Waals surface area contributed by atoms with Crippen molar-refractivity contribution in [3.8, 4) is 0 Å². The van der Waals surface area contributed by atoms with Gasteiger partial charge in [0.25, 0.3) is 0 Å². The molecule has 3 atom stereocenters. The third-order valence-electron chi connectivity index (χ3n) is 4.03. The Balaban J connectivity index is 5.60. The fourth-order valence-electron chi connectivity index (χ4n) is 2.43. The lowest BCUT2D eigenvalue weighted by Gasteiger charge is -2.38. The third kappa shape index (κ3) is 6.30. The molecule has 0 aromatic rings. The van der Waals surface area contributed by atoms with Gasteiger partial charge in [0.2, 0.25) is 0 Å². The Hall–Kier alpha value is -1.16. The summed E-state index contributed by atoms with van der Waals surface area (Å²) in [6.07, 6.45) is 4.37. The van der Waals surface area contributed by atoms with Crippen LogP contribution in [-0.2, 0) is 14.3 Å². The van der Waals surface area contributed by atoms with Gasteiger partial charge in [0.15, 0.2) is 5.78 Å². The van der Waals surface area contributed by atoms with E-state index in [2.05, 4.69) is 0 Å². The van der Waals surface area contributed by atoms with Crippen molar-refractivity contribution in [2.24, 2.45) is 11.8 Å². The van der Waals surface area contributed by atoms with E-state index in [9.17, 15) is 9.59 Å². The third-order valence-corrected chi connectivity index (χ3v) is 4.03. The zero-order valence-corrected chi connectivity index (χ0v) is 15.4. The summed E-state index contributed by atoms with van der Waals surface area (Å²) in [7, 11) is 1.93. The van der Waals surface area contributed by atoms with Crippen molar-refractivity contribution >= 4 is 11.8 Å². The van der Waals surface area contributed by atoms with Gasteiger partial charge in [0, 0.05) is 18.9 Å². The van der Waals surface area contributed by atoms with Gasteiger partial charge >= 0.3 is 5.97 Å². The number of carbonyl (C=O) groups excluding carboxylic acids is 2. The molecule has 0 bridgehead atoms. The van der Waals surface area contributed by atoms with E-state index in [-0.39, 0.29) is 29.6 Å². The molecule has 0 saturated carbocycles. The van der Waals surface area contributed by atoms with Gasteiger partial charge in [-0.3, -0.25) is 14.5 Å². The number of allylic oxidation sites excluding steroid dienone is 2. The number of ketones is 1. The Morgan fingerprint density at radius 1 is 1.14 bits per heavy atom. The largest absolute Gasteiger partial charge is 0.460 e. The second-order valence-corrected chi connectivity index (χ2v) is 6.62. The molecular formula is C18H33NO3. The highest BCUT2D eigenvalue weighted by molar-refractivity contribution is 5.86. The van der Waals surface area contributed by atoms with Gasteiger partial charge < -0.3 is 4.74 Å². The first-order valence-corrected chi connectivity index (χ1v) is 8.17. The predicted molar refractivity (Wildman–Crippen MR) is 90.7 cm³/mol. The van der Waals surface area contributed by atoms with E-state index >= 15 is 0 Å². The van der Waals surface area contributed by atoms with Gasteiger partial charge in [-0.2, -0.15) is 0 Å². The highest BCUT2D eigenvalue weighted by atomic mass is 16.5. The minimum atomic E-state index is -0.434. The summed E-state index contributed by atoms with van der Waals surface area (Å²) in [6, 6.07) is -0.219. The van der Waals surface area contributed by atoms with Gasteiger partial charge in [-0.15, -0.1) is 0 Å². The lowest BCUT2D eigenvalue weighted by molar-refractivity contribution is -0.157. The van der Waals surface area contributed by atoms with E-state index in [1.165, 1.54) is 6.92 Å².